The number of piperazine rings is 1. The molecule has 0 spiro atoms. The number of aryl methyl sites for hydroxylation is 1. The molecule has 0 unspecified atom stereocenters. The molecule has 0 atom stereocenters. The van der Waals surface area contributed by atoms with Gasteiger partial charge in [-0.15, -0.1) is 11.3 Å². The zero-order chi connectivity index (χ0) is 18.2. The Morgan fingerprint density at radius 2 is 2.08 bits per heavy atom. The summed E-state index contributed by atoms with van der Waals surface area (Å²) in [6.45, 7) is 14.6. The summed E-state index contributed by atoms with van der Waals surface area (Å²) in [5.41, 5.74) is 2.24. The van der Waals surface area contributed by atoms with Crippen molar-refractivity contribution < 1.29 is 0 Å². The van der Waals surface area contributed by atoms with E-state index in [1.807, 2.05) is 11.3 Å². The van der Waals surface area contributed by atoms with Crippen LogP contribution in [0.4, 0.5) is 5.00 Å². The lowest BCUT2D eigenvalue weighted by atomic mass is 10.2. The third-order valence-corrected chi connectivity index (χ3v) is 5.64. The van der Waals surface area contributed by atoms with E-state index in [1.165, 1.54) is 35.6 Å². The van der Waals surface area contributed by atoms with Crippen molar-refractivity contribution in [3.05, 3.63) is 53.7 Å². The van der Waals surface area contributed by atoms with E-state index in [-0.39, 0.29) is 0 Å². The number of likely N-dealkylation sites (N-methyl/N-ethyl adjacent to an activating group) is 1. The molecule has 138 valence electrons. The normalized spacial score (nSPS) is 15.6. The Kier molecular flexibility index (Phi) is 7.79. The first-order valence-electron chi connectivity index (χ1n) is 9.30. The third-order valence-electron chi connectivity index (χ3n) is 4.48. The van der Waals surface area contributed by atoms with Crippen LogP contribution in [0.3, 0.4) is 0 Å². The molecular weight excluding hydrogens is 326 g/mol. The van der Waals surface area contributed by atoms with Gasteiger partial charge in [0.15, 0.2) is 0 Å². The zero-order valence-corrected chi connectivity index (χ0v) is 16.9. The van der Waals surface area contributed by atoms with Gasteiger partial charge in [-0.05, 0) is 45.1 Å². The Balaban J connectivity index is 1.88. The first kappa shape index (κ1) is 19.8. The van der Waals surface area contributed by atoms with Crippen molar-refractivity contribution in [2.75, 3.05) is 45.2 Å². The van der Waals surface area contributed by atoms with Crippen molar-refractivity contribution in [1.29, 1.82) is 0 Å². The van der Waals surface area contributed by atoms with Crippen LogP contribution >= 0.6 is 11.3 Å². The maximum atomic E-state index is 4.32. The highest BCUT2D eigenvalue weighted by Crippen LogP contribution is 2.31. The molecule has 0 saturated carbocycles. The Labute approximate surface area is 157 Å². The quantitative estimate of drug-likeness (QED) is 0.465. The van der Waals surface area contributed by atoms with Crippen LogP contribution in [0, 0.1) is 0 Å². The number of unbranched alkanes of at least 4 members (excludes halogenated alkanes) is 2. The number of allylic oxidation sites excluding steroid dienone is 1. The fraction of sp³-hybridized carbons (Fsp3) is 0.524. The second kappa shape index (κ2) is 9.83. The highest BCUT2D eigenvalue weighted by atomic mass is 32.1. The first-order valence-corrected chi connectivity index (χ1v) is 10.1. The van der Waals surface area contributed by atoms with Gasteiger partial charge in [-0.25, -0.2) is 0 Å². The van der Waals surface area contributed by atoms with E-state index in [1.54, 1.807) is 0 Å². The first-order chi connectivity index (χ1) is 12.0. The van der Waals surface area contributed by atoms with Gasteiger partial charge in [-0.3, -0.25) is 0 Å². The summed E-state index contributed by atoms with van der Waals surface area (Å²) >= 11 is 1.92. The number of hydrogen-bond donors (Lipinski definition) is 0. The highest BCUT2D eigenvalue weighted by molar-refractivity contribution is 7.16. The summed E-state index contributed by atoms with van der Waals surface area (Å²) in [6, 6.07) is 4.55. The topological polar surface area (TPSA) is 9.72 Å². The fourth-order valence-corrected chi connectivity index (χ4v) is 4.09. The molecule has 1 aliphatic heterocycles. The highest BCUT2D eigenvalue weighted by Gasteiger charge is 2.21. The standard InChI is InChI=1S/C21H33N3S/c1-6-7-8-11-20-12-13-21(25-20)24-16-15-23(17-19(24)3)18(2)10-9-14-22(4)5/h9-10,12-13H,2-3,6-8,11,14-17H2,1,4-5H3/b10-9+. The number of hydrogen-bond acceptors (Lipinski definition) is 4. The van der Waals surface area contributed by atoms with Gasteiger partial charge in [0.05, 0.1) is 11.5 Å². The van der Waals surface area contributed by atoms with Crippen molar-refractivity contribution in [3.8, 4) is 0 Å². The summed E-state index contributed by atoms with van der Waals surface area (Å²) in [7, 11) is 4.15. The van der Waals surface area contributed by atoms with E-state index < -0.39 is 0 Å². The lowest BCUT2D eigenvalue weighted by Crippen LogP contribution is -2.43. The van der Waals surface area contributed by atoms with Gasteiger partial charge in [0.25, 0.3) is 0 Å². The lowest BCUT2D eigenvalue weighted by Gasteiger charge is -2.38. The molecule has 1 saturated heterocycles. The predicted octanol–water partition coefficient (Wildman–Crippen LogP) is 4.75. The second-order valence-electron chi connectivity index (χ2n) is 6.99. The molecule has 1 aromatic rings. The minimum Gasteiger partial charge on any atom is -0.364 e. The molecule has 0 bridgehead atoms. The number of anilines is 1. The minimum atomic E-state index is 0.855. The second-order valence-corrected chi connectivity index (χ2v) is 8.14. The van der Waals surface area contributed by atoms with Crippen LogP contribution in [0.1, 0.15) is 31.1 Å². The SMILES string of the molecule is C=C(/C=C/CN(C)C)N1CCN(c2ccc(CCCCC)s2)C(=C)C1. The Bertz CT molecular complexity index is 600. The molecule has 0 aliphatic carbocycles. The number of thiophene rings is 1. The molecule has 1 fully saturated rings. The van der Waals surface area contributed by atoms with Crippen LogP contribution in [0.2, 0.25) is 0 Å². The molecule has 1 aliphatic rings. The summed E-state index contributed by atoms with van der Waals surface area (Å²) in [6.07, 6.45) is 9.40. The molecule has 25 heavy (non-hydrogen) atoms. The lowest BCUT2D eigenvalue weighted by molar-refractivity contribution is 0.361. The molecule has 2 heterocycles. The van der Waals surface area contributed by atoms with Gasteiger partial charge in [-0.1, -0.05) is 39.0 Å². The fourth-order valence-electron chi connectivity index (χ4n) is 2.97. The van der Waals surface area contributed by atoms with Gasteiger partial charge < -0.3 is 14.7 Å². The van der Waals surface area contributed by atoms with Crippen molar-refractivity contribution in [2.24, 2.45) is 0 Å². The van der Waals surface area contributed by atoms with E-state index in [0.29, 0.717) is 0 Å². The van der Waals surface area contributed by atoms with E-state index in [2.05, 4.69) is 73.2 Å². The van der Waals surface area contributed by atoms with Crippen LogP contribution in [-0.2, 0) is 6.42 Å². The van der Waals surface area contributed by atoms with E-state index in [4.69, 9.17) is 0 Å². The smallest absolute Gasteiger partial charge is 0.0954 e. The molecule has 0 aromatic carbocycles. The molecule has 0 amide bonds. The Hall–Kier alpha value is -1.52. The summed E-state index contributed by atoms with van der Waals surface area (Å²) in [4.78, 5) is 8.34. The van der Waals surface area contributed by atoms with Crippen LogP contribution in [0.25, 0.3) is 0 Å². The maximum Gasteiger partial charge on any atom is 0.0954 e. The summed E-state index contributed by atoms with van der Waals surface area (Å²) in [5.74, 6) is 0. The van der Waals surface area contributed by atoms with E-state index >= 15 is 0 Å². The van der Waals surface area contributed by atoms with Gasteiger partial charge in [-0.2, -0.15) is 0 Å². The Morgan fingerprint density at radius 1 is 1.28 bits per heavy atom. The molecule has 0 N–H and O–H groups in total. The van der Waals surface area contributed by atoms with Gasteiger partial charge in [0.2, 0.25) is 0 Å². The van der Waals surface area contributed by atoms with Crippen LogP contribution < -0.4 is 4.90 Å². The van der Waals surface area contributed by atoms with E-state index in [0.717, 1.165) is 37.6 Å². The van der Waals surface area contributed by atoms with Crippen molar-refractivity contribution >= 4 is 16.3 Å². The van der Waals surface area contributed by atoms with Gasteiger partial charge >= 0.3 is 0 Å². The zero-order valence-electron chi connectivity index (χ0n) is 16.1. The third kappa shape index (κ3) is 6.05. The van der Waals surface area contributed by atoms with Crippen LogP contribution in [0.5, 0.6) is 0 Å². The van der Waals surface area contributed by atoms with Crippen molar-refractivity contribution in [2.45, 2.75) is 32.6 Å². The van der Waals surface area contributed by atoms with Crippen LogP contribution in [0.15, 0.2) is 48.8 Å². The molecular formula is C21H33N3S. The largest absolute Gasteiger partial charge is 0.364 e. The van der Waals surface area contributed by atoms with Crippen LogP contribution in [-0.4, -0.2) is 50.1 Å². The average Bonchev–Trinajstić information content (AvgIpc) is 3.03. The monoisotopic (exact) mass is 359 g/mol. The minimum absolute atomic E-state index is 0.855. The predicted molar refractivity (Wildman–Crippen MR) is 112 cm³/mol. The molecule has 0 radical (unpaired) electrons. The maximum absolute atomic E-state index is 4.32. The molecule has 4 heteroatoms. The van der Waals surface area contributed by atoms with Crippen molar-refractivity contribution in [3.63, 3.8) is 0 Å². The van der Waals surface area contributed by atoms with Gasteiger partial charge in [0.1, 0.15) is 0 Å². The molecule has 3 nitrogen and oxygen atoms in total. The Morgan fingerprint density at radius 3 is 2.76 bits per heavy atom. The summed E-state index contributed by atoms with van der Waals surface area (Å²) in [5, 5.41) is 1.34. The summed E-state index contributed by atoms with van der Waals surface area (Å²) < 4.78 is 0. The van der Waals surface area contributed by atoms with Gasteiger partial charge in [0, 0.05) is 35.9 Å². The number of rotatable bonds is 9. The number of nitrogens with zero attached hydrogens (tertiary/aromatic N) is 3. The molecule has 2 rings (SSSR count). The van der Waals surface area contributed by atoms with Crippen molar-refractivity contribution in [1.82, 2.24) is 9.80 Å². The molecule has 1 aromatic heterocycles. The average molecular weight is 360 g/mol. The van der Waals surface area contributed by atoms with E-state index in [9.17, 15) is 0 Å².